The minimum Gasteiger partial charge on any atom is -0.457 e. The summed E-state index contributed by atoms with van der Waals surface area (Å²) >= 11 is 0. The number of halogens is 1. The smallest absolute Gasteiger partial charge is 0.169 e. The van der Waals surface area contributed by atoms with Gasteiger partial charge in [0.1, 0.15) is 11.5 Å². The minimum atomic E-state index is -3.23. The van der Waals surface area contributed by atoms with E-state index in [1.165, 1.54) is 6.07 Å². The maximum absolute atomic E-state index is 13.3. The molecule has 0 saturated heterocycles. The predicted molar refractivity (Wildman–Crippen MR) is 63.9 cm³/mol. The lowest BCUT2D eigenvalue weighted by molar-refractivity contribution is 0.526. The van der Waals surface area contributed by atoms with Crippen LogP contribution < -0.4 is 0 Å². The molecule has 0 aliphatic rings. The SMILES string of the molecule is CC(C)S(=O)(=O)Cc1cc2cccc(F)c2o1. The fourth-order valence-electron chi connectivity index (χ4n) is 1.52. The Morgan fingerprint density at radius 2 is 2.06 bits per heavy atom. The molecule has 0 fully saturated rings. The third-order valence-electron chi connectivity index (χ3n) is 2.61. The molecule has 0 aliphatic heterocycles. The number of benzene rings is 1. The van der Waals surface area contributed by atoms with Crippen LogP contribution in [0, 0.1) is 5.82 Å². The van der Waals surface area contributed by atoms with E-state index in [1.54, 1.807) is 32.0 Å². The Morgan fingerprint density at radius 1 is 1.35 bits per heavy atom. The van der Waals surface area contributed by atoms with Crippen molar-refractivity contribution in [2.75, 3.05) is 0 Å². The summed E-state index contributed by atoms with van der Waals surface area (Å²) in [6, 6.07) is 6.10. The number of hydrogen-bond acceptors (Lipinski definition) is 3. The Hall–Kier alpha value is -1.36. The van der Waals surface area contributed by atoms with Crippen LogP contribution in [0.4, 0.5) is 4.39 Å². The number of hydrogen-bond donors (Lipinski definition) is 0. The summed E-state index contributed by atoms with van der Waals surface area (Å²) in [7, 11) is -3.23. The van der Waals surface area contributed by atoms with Crippen molar-refractivity contribution < 1.29 is 17.2 Å². The van der Waals surface area contributed by atoms with E-state index in [2.05, 4.69) is 0 Å². The van der Waals surface area contributed by atoms with Crippen LogP contribution in [0.2, 0.25) is 0 Å². The van der Waals surface area contributed by atoms with Gasteiger partial charge in [-0.15, -0.1) is 0 Å². The van der Waals surface area contributed by atoms with Crippen molar-refractivity contribution in [3.63, 3.8) is 0 Å². The average molecular weight is 256 g/mol. The van der Waals surface area contributed by atoms with Gasteiger partial charge in [-0.1, -0.05) is 12.1 Å². The molecule has 1 aromatic heterocycles. The predicted octanol–water partition coefficient (Wildman–Crippen LogP) is 2.90. The number of fused-ring (bicyclic) bond motifs is 1. The van der Waals surface area contributed by atoms with Crippen molar-refractivity contribution in [2.45, 2.75) is 24.9 Å². The molecule has 3 nitrogen and oxygen atoms in total. The highest BCUT2D eigenvalue weighted by Gasteiger charge is 2.19. The highest BCUT2D eigenvalue weighted by atomic mass is 32.2. The molecule has 5 heteroatoms. The van der Waals surface area contributed by atoms with E-state index in [0.717, 1.165) is 0 Å². The van der Waals surface area contributed by atoms with Gasteiger partial charge in [0.25, 0.3) is 0 Å². The van der Waals surface area contributed by atoms with Gasteiger partial charge in [0, 0.05) is 5.39 Å². The minimum absolute atomic E-state index is 0.112. The van der Waals surface area contributed by atoms with Crippen molar-refractivity contribution in [3.8, 4) is 0 Å². The van der Waals surface area contributed by atoms with E-state index in [1.807, 2.05) is 0 Å². The van der Waals surface area contributed by atoms with Gasteiger partial charge in [0.05, 0.1) is 5.25 Å². The molecule has 0 radical (unpaired) electrons. The van der Waals surface area contributed by atoms with Gasteiger partial charge in [-0.3, -0.25) is 0 Å². The molecule has 0 saturated carbocycles. The Kier molecular flexibility index (Phi) is 2.95. The molecule has 1 aromatic carbocycles. The second-order valence-corrected chi connectivity index (χ2v) is 6.78. The van der Waals surface area contributed by atoms with E-state index in [0.29, 0.717) is 5.39 Å². The Bertz CT molecular complexity index is 641. The molecule has 0 amide bonds. The molecular formula is C12H13FO3S. The number of para-hydroxylation sites is 1. The van der Waals surface area contributed by atoms with E-state index in [4.69, 9.17) is 4.42 Å². The molecule has 0 spiro atoms. The maximum Gasteiger partial charge on any atom is 0.169 e. The quantitative estimate of drug-likeness (QED) is 0.848. The standard InChI is InChI=1S/C12H13FO3S/c1-8(2)17(14,15)7-10-6-9-4-3-5-11(13)12(9)16-10/h3-6,8H,7H2,1-2H3. The number of sulfone groups is 1. The molecule has 2 rings (SSSR count). The fourth-order valence-corrected chi connectivity index (χ4v) is 2.39. The van der Waals surface area contributed by atoms with Crippen molar-refractivity contribution in [1.82, 2.24) is 0 Å². The molecule has 0 bridgehead atoms. The van der Waals surface area contributed by atoms with E-state index in [9.17, 15) is 12.8 Å². The molecule has 0 unspecified atom stereocenters. The highest BCUT2D eigenvalue weighted by molar-refractivity contribution is 7.91. The van der Waals surface area contributed by atoms with Crippen LogP contribution in [-0.2, 0) is 15.6 Å². The monoisotopic (exact) mass is 256 g/mol. The summed E-state index contributed by atoms with van der Waals surface area (Å²) in [4.78, 5) is 0. The second kappa shape index (κ2) is 4.14. The van der Waals surface area contributed by atoms with Crippen molar-refractivity contribution in [1.29, 1.82) is 0 Å². The molecule has 92 valence electrons. The zero-order valence-corrected chi connectivity index (χ0v) is 10.4. The van der Waals surface area contributed by atoms with Crippen LogP contribution in [0.1, 0.15) is 19.6 Å². The molecule has 0 aliphatic carbocycles. The average Bonchev–Trinajstić information content (AvgIpc) is 2.60. The Labute approximate surface area is 99.2 Å². The van der Waals surface area contributed by atoms with E-state index in [-0.39, 0.29) is 17.1 Å². The van der Waals surface area contributed by atoms with Gasteiger partial charge >= 0.3 is 0 Å². The molecule has 17 heavy (non-hydrogen) atoms. The second-order valence-electron chi connectivity index (χ2n) is 4.23. The first-order chi connectivity index (χ1) is 7.90. The molecule has 0 atom stereocenters. The van der Waals surface area contributed by atoms with Gasteiger partial charge in [-0.2, -0.15) is 0 Å². The lowest BCUT2D eigenvalue weighted by Gasteiger charge is -2.04. The third kappa shape index (κ3) is 2.34. The van der Waals surface area contributed by atoms with Crippen molar-refractivity contribution in [3.05, 3.63) is 35.8 Å². The van der Waals surface area contributed by atoms with Gasteiger partial charge in [0.15, 0.2) is 21.2 Å². The highest BCUT2D eigenvalue weighted by Crippen LogP contribution is 2.24. The van der Waals surface area contributed by atoms with Gasteiger partial charge in [-0.25, -0.2) is 12.8 Å². The summed E-state index contributed by atoms with van der Waals surface area (Å²) in [5.74, 6) is -0.395. The van der Waals surface area contributed by atoms with Crippen LogP contribution in [0.25, 0.3) is 11.0 Å². The Morgan fingerprint density at radius 3 is 2.65 bits per heavy atom. The summed E-state index contributed by atoms with van der Waals surface area (Å²) in [5.41, 5.74) is 0.112. The van der Waals surface area contributed by atoms with Crippen molar-refractivity contribution >= 4 is 20.8 Å². The van der Waals surface area contributed by atoms with Crippen LogP contribution in [0.15, 0.2) is 28.7 Å². The van der Waals surface area contributed by atoms with Gasteiger partial charge in [0.2, 0.25) is 0 Å². The lowest BCUT2D eigenvalue weighted by atomic mass is 10.2. The largest absolute Gasteiger partial charge is 0.457 e. The summed E-state index contributed by atoms with van der Waals surface area (Å²) in [5, 5.41) is 0.111. The Balaban J connectivity index is 2.42. The first-order valence-electron chi connectivity index (χ1n) is 5.28. The molecular weight excluding hydrogens is 243 g/mol. The molecule has 2 aromatic rings. The van der Waals surface area contributed by atoms with E-state index >= 15 is 0 Å². The first kappa shape index (κ1) is 12.1. The first-order valence-corrected chi connectivity index (χ1v) is 7.00. The number of furan rings is 1. The van der Waals surface area contributed by atoms with Crippen LogP contribution >= 0.6 is 0 Å². The summed E-state index contributed by atoms with van der Waals surface area (Å²) < 4.78 is 42.0. The van der Waals surface area contributed by atoms with Crippen LogP contribution in [0.3, 0.4) is 0 Å². The fraction of sp³-hybridized carbons (Fsp3) is 0.333. The summed E-state index contributed by atoms with van der Waals surface area (Å²) in [6.45, 7) is 3.22. The summed E-state index contributed by atoms with van der Waals surface area (Å²) in [6.07, 6.45) is 0. The van der Waals surface area contributed by atoms with E-state index < -0.39 is 20.9 Å². The zero-order chi connectivity index (χ0) is 12.6. The topological polar surface area (TPSA) is 47.3 Å². The zero-order valence-electron chi connectivity index (χ0n) is 9.60. The van der Waals surface area contributed by atoms with Gasteiger partial charge < -0.3 is 4.42 Å². The van der Waals surface area contributed by atoms with Gasteiger partial charge in [-0.05, 0) is 26.0 Å². The maximum atomic E-state index is 13.3. The molecule has 0 N–H and O–H groups in total. The normalized spacial score (nSPS) is 12.5. The number of rotatable bonds is 3. The van der Waals surface area contributed by atoms with Crippen molar-refractivity contribution in [2.24, 2.45) is 0 Å². The molecule has 1 heterocycles. The van der Waals surface area contributed by atoms with Crippen LogP contribution in [0.5, 0.6) is 0 Å². The lowest BCUT2D eigenvalue weighted by Crippen LogP contribution is -2.15. The third-order valence-corrected chi connectivity index (χ3v) is 4.73. The van der Waals surface area contributed by atoms with Crippen LogP contribution in [-0.4, -0.2) is 13.7 Å².